The maximum absolute atomic E-state index is 12.3. The number of para-hydroxylation sites is 1. The minimum atomic E-state index is -0.474. The van der Waals surface area contributed by atoms with E-state index in [4.69, 9.17) is 10.7 Å². The minimum absolute atomic E-state index is 0.0136. The number of likely N-dealkylation sites (tertiary alicyclic amines) is 1. The van der Waals surface area contributed by atoms with Gasteiger partial charge in [-0.15, -0.1) is 11.3 Å². The molecule has 3 aromatic rings. The van der Waals surface area contributed by atoms with Gasteiger partial charge in [0.1, 0.15) is 0 Å². The molecule has 1 fully saturated rings. The first-order valence-corrected chi connectivity index (χ1v) is 10.3. The molecule has 2 amide bonds. The fraction of sp³-hybridized carbons (Fsp3) is 0.286. The van der Waals surface area contributed by atoms with Gasteiger partial charge in [-0.2, -0.15) is 0 Å². The molecule has 0 atom stereocenters. The summed E-state index contributed by atoms with van der Waals surface area (Å²) in [6.45, 7) is 2.38. The smallest absolute Gasteiger partial charge is 0.279 e. The lowest BCUT2D eigenvalue weighted by atomic mass is 9.97. The maximum atomic E-state index is 12.3. The number of aromatic nitrogens is 1. The molecule has 4 N–H and O–H groups in total. The predicted molar refractivity (Wildman–Crippen MR) is 111 cm³/mol. The number of benzene rings is 2. The Morgan fingerprint density at radius 3 is 2.50 bits per heavy atom. The van der Waals surface area contributed by atoms with Crippen LogP contribution in [0.1, 0.15) is 34.1 Å². The van der Waals surface area contributed by atoms with Gasteiger partial charge in [-0.1, -0.05) is 12.1 Å². The molecule has 28 heavy (non-hydrogen) atoms. The van der Waals surface area contributed by atoms with Crippen molar-refractivity contribution in [3.8, 4) is 0 Å². The first kappa shape index (κ1) is 18.6. The van der Waals surface area contributed by atoms with Crippen molar-refractivity contribution in [2.24, 2.45) is 5.73 Å². The minimum Gasteiger partial charge on any atom is -0.366 e. The summed E-state index contributed by atoms with van der Waals surface area (Å²) >= 11 is 1.79. The van der Waals surface area contributed by atoms with E-state index < -0.39 is 5.91 Å². The zero-order valence-electron chi connectivity index (χ0n) is 15.5. The molecule has 1 aliphatic rings. The fourth-order valence-corrected chi connectivity index (χ4v) is 4.80. The zero-order chi connectivity index (χ0) is 19.5. The van der Waals surface area contributed by atoms with E-state index >= 15 is 0 Å². The summed E-state index contributed by atoms with van der Waals surface area (Å²) in [5.41, 5.74) is 7.42. The van der Waals surface area contributed by atoms with Crippen molar-refractivity contribution in [1.82, 2.24) is 4.98 Å². The number of nitrogens with one attached hydrogen (secondary N) is 2. The first-order valence-electron chi connectivity index (χ1n) is 9.47. The highest BCUT2D eigenvalue weighted by Crippen LogP contribution is 2.31. The summed E-state index contributed by atoms with van der Waals surface area (Å²) in [6, 6.07) is 14.9. The maximum Gasteiger partial charge on any atom is 0.279 e. The Bertz CT molecular complexity index is 958. The van der Waals surface area contributed by atoms with Crippen molar-refractivity contribution in [1.29, 1.82) is 0 Å². The van der Waals surface area contributed by atoms with Crippen molar-refractivity contribution >= 4 is 39.1 Å². The SMILES string of the molecule is NC(=O)c1ccc(NC(=O)C[NH+]2CCC(c3nc4ccccc4s3)CC2)cc1. The van der Waals surface area contributed by atoms with Gasteiger partial charge in [0.25, 0.3) is 5.91 Å². The Morgan fingerprint density at radius 2 is 1.82 bits per heavy atom. The van der Waals surface area contributed by atoms with Gasteiger partial charge in [0.2, 0.25) is 5.91 Å². The standard InChI is InChI=1S/C21H22N4O2S/c22-20(27)14-5-7-16(8-6-14)23-19(26)13-25-11-9-15(10-12-25)21-24-17-3-1-2-4-18(17)28-21/h1-8,15H,9-13H2,(H2,22,27)(H,23,26)/p+1. The first-order chi connectivity index (χ1) is 13.6. The molecular formula is C21H23N4O2S+. The van der Waals surface area contributed by atoms with Crippen molar-refractivity contribution in [2.45, 2.75) is 18.8 Å². The lowest BCUT2D eigenvalue weighted by Crippen LogP contribution is -3.14. The van der Waals surface area contributed by atoms with Crippen LogP contribution in [0.15, 0.2) is 48.5 Å². The second kappa shape index (κ2) is 8.08. The van der Waals surface area contributed by atoms with Gasteiger partial charge in [-0.3, -0.25) is 9.59 Å². The van der Waals surface area contributed by atoms with Crippen molar-refractivity contribution < 1.29 is 14.5 Å². The number of piperidine rings is 1. The number of rotatable bonds is 5. The van der Waals surface area contributed by atoms with Crippen molar-refractivity contribution in [3.63, 3.8) is 0 Å². The number of nitrogens with zero attached hydrogens (tertiary/aromatic N) is 1. The summed E-state index contributed by atoms with van der Waals surface area (Å²) in [5.74, 6) is 0.00383. The highest BCUT2D eigenvalue weighted by molar-refractivity contribution is 7.18. The Morgan fingerprint density at radius 1 is 1.11 bits per heavy atom. The molecule has 2 heterocycles. The molecule has 1 saturated heterocycles. The molecule has 0 radical (unpaired) electrons. The van der Waals surface area contributed by atoms with E-state index in [0.29, 0.717) is 23.7 Å². The second-order valence-electron chi connectivity index (χ2n) is 7.21. The van der Waals surface area contributed by atoms with Crippen LogP contribution in [0, 0.1) is 0 Å². The van der Waals surface area contributed by atoms with Crippen LogP contribution in [-0.4, -0.2) is 36.4 Å². The molecule has 0 aliphatic carbocycles. The van der Waals surface area contributed by atoms with Crippen LogP contribution in [-0.2, 0) is 4.79 Å². The number of fused-ring (bicyclic) bond motifs is 1. The van der Waals surface area contributed by atoms with E-state index in [9.17, 15) is 9.59 Å². The molecule has 144 valence electrons. The lowest BCUT2D eigenvalue weighted by molar-refractivity contribution is -0.897. The topological polar surface area (TPSA) is 89.5 Å². The Kier molecular flexibility index (Phi) is 5.36. The fourth-order valence-electron chi connectivity index (χ4n) is 3.66. The summed E-state index contributed by atoms with van der Waals surface area (Å²) in [5, 5.41) is 4.12. The van der Waals surface area contributed by atoms with E-state index in [-0.39, 0.29) is 5.91 Å². The number of anilines is 1. The second-order valence-corrected chi connectivity index (χ2v) is 8.27. The number of primary amides is 1. The van der Waals surface area contributed by atoms with Crippen LogP contribution in [0.2, 0.25) is 0 Å². The number of hydrogen-bond donors (Lipinski definition) is 3. The number of quaternary nitrogens is 1. The van der Waals surface area contributed by atoms with Gasteiger partial charge < -0.3 is 16.0 Å². The van der Waals surface area contributed by atoms with E-state index in [1.165, 1.54) is 14.6 Å². The Hall–Kier alpha value is -2.77. The van der Waals surface area contributed by atoms with Gasteiger partial charge in [0, 0.05) is 30.0 Å². The molecule has 0 spiro atoms. The Labute approximate surface area is 167 Å². The molecule has 2 aromatic carbocycles. The van der Waals surface area contributed by atoms with Gasteiger partial charge in [0.05, 0.1) is 28.3 Å². The monoisotopic (exact) mass is 395 g/mol. The van der Waals surface area contributed by atoms with Gasteiger partial charge >= 0.3 is 0 Å². The molecule has 7 heteroatoms. The molecule has 1 aromatic heterocycles. The van der Waals surface area contributed by atoms with Crippen LogP contribution in [0.25, 0.3) is 10.2 Å². The highest BCUT2D eigenvalue weighted by Gasteiger charge is 2.27. The quantitative estimate of drug-likeness (QED) is 0.615. The van der Waals surface area contributed by atoms with Gasteiger partial charge in [-0.05, 0) is 36.4 Å². The number of carbonyl (C=O) groups excluding carboxylic acids is 2. The molecule has 0 bridgehead atoms. The predicted octanol–water partition coefficient (Wildman–Crippen LogP) is 1.80. The van der Waals surface area contributed by atoms with E-state index in [1.807, 2.05) is 6.07 Å². The number of hydrogen-bond acceptors (Lipinski definition) is 4. The normalized spacial score (nSPS) is 19.4. The van der Waals surface area contributed by atoms with Crippen molar-refractivity contribution in [3.05, 3.63) is 59.1 Å². The van der Waals surface area contributed by atoms with E-state index in [0.717, 1.165) is 31.4 Å². The summed E-state index contributed by atoms with van der Waals surface area (Å²) in [4.78, 5) is 29.5. The average Bonchev–Trinajstić information content (AvgIpc) is 3.13. The zero-order valence-corrected chi connectivity index (χ0v) is 16.3. The molecule has 0 saturated carbocycles. The molecule has 6 nitrogen and oxygen atoms in total. The number of amides is 2. The molecular weight excluding hydrogens is 372 g/mol. The Balaban J connectivity index is 1.29. The molecule has 0 unspecified atom stereocenters. The lowest BCUT2D eigenvalue weighted by Gasteiger charge is -2.27. The third kappa shape index (κ3) is 4.21. The van der Waals surface area contributed by atoms with Crippen LogP contribution in [0.5, 0.6) is 0 Å². The van der Waals surface area contributed by atoms with Crippen molar-refractivity contribution in [2.75, 3.05) is 25.0 Å². The summed E-state index contributed by atoms with van der Waals surface area (Å²) in [7, 11) is 0. The summed E-state index contributed by atoms with van der Waals surface area (Å²) < 4.78 is 1.24. The largest absolute Gasteiger partial charge is 0.366 e. The molecule has 4 rings (SSSR count). The number of thiazole rings is 1. The average molecular weight is 396 g/mol. The highest BCUT2D eigenvalue weighted by atomic mass is 32.1. The van der Waals surface area contributed by atoms with Crippen LogP contribution in [0.4, 0.5) is 5.69 Å². The van der Waals surface area contributed by atoms with E-state index in [1.54, 1.807) is 35.6 Å². The number of carbonyl (C=O) groups is 2. The van der Waals surface area contributed by atoms with Crippen LogP contribution >= 0.6 is 11.3 Å². The van der Waals surface area contributed by atoms with Gasteiger partial charge in [-0.25, -0.2) is 4.98 Å². The third-order valence-electron chi connectivity index (χ3n) is 5.22. The number of nitrogens with two attached hydrogens (primary N) is 1. The van der Waals surface area contributed by atoms with Crippen LogP contribution in [0.3, 0.4) is 0 Å². The van der Waals surface area contributed by atoms with Gasteiger partial charge in [0.15, 0.2) is 6.54 Å². The third-order valence-corrected chi connectivity index (χ3v) is 6.41. The molecule has 1 aliphatic heterocycles. The van der Waals surface area contributed by atoms with Crippen LogP contribution < -0.4 is 16.0 Å². The summed E-state index contributed by atoms with van der Waals surface area (Å²) in [6.07, 6.45) is 2.10. The van der Waals surface area contributed by atoms with E-state index in [2.05, 4.69) is 23.5 Å².